The van der Waals surface area contributed by atoms with Crippen molar-refractivity contribution in [1.29, 1.82) is 0 Å². The van der Waals surface area contributed by atoms with E-state index in [1.807, 2.05) is 6.07 Å². The second-order valence-corrected chi connectivity index (χ2v) is 7.00. The molecule has 2 aromatic carbocycles. The van der Waals surface area contributed by atoms with Gasteiger partial charge in [-0.25, -0.2) is 0 Å². The van der Waals surface area contributed by atoms with Gasteiger partial charge < -0.3 is 0 Å². The molecule has 0 fully saturated rings. The Hall–Kier alpha value is -1.12. The number of benzene rings is 2. The van der Waals surface area contributed by atoms with E-state index in [1.165, 1.54) is 10.0 Å². The molecule has 0 saturated heterocycles. The molecule has 0 radical (unpaired) electrons. The molecule has 1 unspecified atom stereocenters. The van der Waals surface area contributed by atoms with Gasteiger partial charge in [-0.05, 0) is 0 Å². The zero-order valence-corrected chi connectivity index (χ0v) is 13.4. The van der Waals surface area contributed by atoms with E-state index in [0.29, 0.717) is 28.2 Å². The monoisotopic (exact) mass is 336 g/mol. The quantitative estimate of drug-likeness (QED) is 0.544. The third kappa shape index (κ3) is 5.48. The minimum absolute atomic E-state index is 0.252. The van der Waals surface area contributed by atoms with Crippen LogP contribution in [0.4, 0.5) is 0 Å². The molecule has 106 valence electrons. The summed E-state index contributed by atoms with van der Waals surface area (Å²) < 4.78 is 12.4. The summed E-state index contributed by atoms with van der Waals surface area (Å²) in [6.45, 7) is 1.30. The minimum atomic E-state index is 0.252. The van der Waals surface area contributed by atoms with Crippen LogP contribution in [0.1, 0.15) is 5.56 Å². The van der Waals surface area contributed by atoms with E-state index in [-0.39, 0.29) is 5.00 Å². The van der Waals surface area contributed by atoms with Crippen LogP contribution in [0.15, 0.2) is 60.7 Å². The molecule has 0 bridgehead atoms. The first kappa shape index (κ1) is 15.3. The van der Waals surface area contributed by atoms with E-state index in [0.717, 1.165) is 6.42 Å². The summed E-state index contributed by atoms with van der Waals surface area (Å²) >= 11 is 0.310. The summed E-state index contributed by atoms with van der Waals surface area (Å²) in [6, 6.07) is 21.1. The van der Waals surface area contributed by atoms with E-state index >= 15 is 0 Å². The van der Waals surface area contributed by atoms with Crippen LogP contribution in [0, 0.1) is 0 Å². The predicted octanol–water partition coefficient (Wildman–Crippen LogP) is 2.25. The van der Waals surface area contributed by atoms with Crippen LogP contribution in [0.5, 0.6) is 0 Å². The molecule has 2 rings (SSSR count). The molecule has 2 aromatic rings. The normalized spacial score (nSPS) is 12.2. The molecule has 0 aromatic heterocycles. The number of hydrogen-bond donors (Lipinski definition) is 0. The van der Waals surface area contributed by atoms with Gasteiger partial charge in [0.25, 0.3) is 0 Å². The van der Waals surface area contributed by atoms with E-state index in [9.17, 15) is 0 Å². The van der Waals surface area contributed by atoms with Gasteiger partial charge in [-0.2, -0.15) is 0 Å². The molecule has 0 spiro atoms. The molecule has 0 heterocycles. The van der Waals surface area contributed by atoms with Crippen molar-refractivity contribution in [2.24, 2.45) is 0 Å². The summed E-state index contributed by atoms with van der Waals surface area (Å²) in [5, 5.41) is 0.252. The van der Waals surface area contributed by atoms with Gasteiger partial charge >= 0.3 is 127 Å². The third-order valence-corrected chi connectivity index (χ3v) is 5.18. The predicted molar refractivity (Wildman–Crippen MR) is 83.6 cm³/mol. The second kappa shape index (κ2) is 8.93. The second-order valence-electron chi connectivity index (χ2n) is 4.41. The van der Waals surface area contributed by atoms with Crippen LogP contribution in [0.3, 0.4) is 0 Å². The molecule has 0 aliphatic rings. The molecule has 0 amide bonds. The molecular formula is C17H20O2Se. The number of hydrogen-bond acceptors (Lipinski definition) is 2. The summed E-state index contributed by atoms with van der Waals surface area (Å²) in [7, 11) is 1.71. The van der Waals surface area contributed by atoms with Crippen molar-refractivity contribution in [3.8, 4) is 0 Å². The van der Waals surface area contributed by atoms with Gasteiger partial charge in [-0.15, -0.1) is 0 Å². The molecule has 1 atom stereocenters. The zero-order valence-electron chi connectivity index (χ0n) is 11.7. The van der Waals surface area contributed by atoms with Crippen molar-refractivity contribution in [1.82, 2.24) is 0 Å². The van der Waals surface area contributed by atoms with Gasteiger partial charge in [0.05, 0.1) is 0 Å². The average molecular weight is 335 g/mol. The Balaban J connectivity index is 1.96. The SMILES string of the molecule is COCCOC(Cc1ccccc1)[Se]c1ccccc1. The Morgan fingerprint density at radius 3 is 2.20 bits per heavy atom. The molecular weight excluding hydrogens is 315 g/mol. The average Bonchev–Trinajstić information content (AvgIpc) is 2.49. The first-order valence-electron chi connectivity index (χ1n) is 6.74. The van der Waals surface area contributed by atoms with Crippen molar-refractivity contribution in [3.63, 3.8) is 0 Å². The Bertz CT molecular complexity index is 431. The molecule has 2 nitrogen and oxygen atoms in total. The Kier molecular flexibility index (Phi) is 6.82. The molecule has 3 heteroatoms. The van der Waals surface area contributed by atoms with Crippen molar-refractivity contribution >= 4 is 19.4 Å². The molecule has 20 heavy (non-hydrogen) atoms. The first-order valence-corrected chi connectivity index (χ1v) is 8.59. The molecule has 0 aliphatic heterocycles. The van der Waals surface area contributed by atoms with Crippen molar-refractivity contribution in [2.75, 3.05) is 20.3 Å². The Morgan fingerprint density at radius 1 is 0.900 bits per heavy atom. The van der Waals surface area contributed by atoms with Crippen LogP contribution in [-0.2, 0) is 15.9 Å². The number of ether oxygens (including phenoxy) is 2. The fourth-order valence-corrected chi connectivity index (χ4v) is 4.07. The first-order chi connectivity index (χ1) is 9.88. The fourth-order valence-electron chi connectivity index (χ4n) is 1.85. The summed E-state index contributed by atoms with van der Waals surface area (Å²) in [5.41, 5.74) is 1.33. The molecule has 0 saturated carbocycles. The standard InChI is InChI=1S/C17H20O2Se/c1-18-12-13-19-17(14-15-8-4-2-5-9-15)20-16-10-6-3-7-11-16/h2-11,17H,12-14H2,1H3. The maximum atomic E-state index is 5.99. The van der Waals surface area contributed by atoms with E-state index < -0.39 is 0 Å². The van der Waals surface area contributed by atoms with Gasteiger partial charge in [-0.1, -0.05) is 0 Å². The van der Waals surface area contributed by atoms with Gasteiger partial charge in [0.1, 0.15) is 0 Å². The Labute approximate surface area is 127 Å². The summed E-state index contributed by atoms with van der Waals surface area (Å²) in [4.78, 5) is 0. The maximum absolute atomic E-state index is 5.99. The van der Waals surface area contributed by atoms with Crippen LogP contribution in [-0.4, -0.2) is 40.3 Å². The van der Waals surface area contributed by atoms with E-state index in [1.54, 1.807) is 7.11 Å². The van der Waals surface area contributed by atoms with Gasteiger partial charge in [0.15, 0.2) is 0 Å². The van der Waals surface area contributed by atoms with Crippen molar-refractivity contribution in [2.45, 2.75) is 11.4 Å². The molecule has 0 aliphatic carbocycles. The van der Waals surface area contributed by atoms with Crippen LogP contribution >= 0.6 is 0 Å². The van der Waals surface area contributed by atoms with Crippen LogP contribution in [0.25, 0.3) is 0 Å². The zero-order chi connectivity index (χ0) is 14.0. The van der Waals surface area contributed by atoms with Crippen LogP contribution in [0.2, 0.25) is 0 Å². The van der Waals surface area contributed by atoms with Gasteiger partial charge in [0, 0.05) is 0 Å². The fraction of sp³-hybridized carbons (Fsp3) is 0.294. The topological polar surface area (TPSA) is 18.5 Å². The summed E-state index contributed by atoms with van der Waals surface area (Å²) in [5.74, 6) is 0. The van der Waals surface area contributed by atoms with E-state index in [2.05, 4.69) is 54.6 Å². The van der Waals surface area contributed by atoms with E-state index in [4.69, 9.17) is 9.47 Å². The van der Waals surface area contributed by atoms with Gasteiger partial charge in [0.2, 0.25) is 0 Å². The summed E-state index contributed by atoms with van der Waals surface area (Å²) in [6.07, 6.45) is 0.958. The third-order valence-electron chi connectivity index (χ3n) is 2.85. The van der Waals surface area contributed by atoms with Crippen molar-refractivity contribution in [3.05, 3.63) is 66.2 Å². The number of rotatable bonds is 8. The van der Waals surface area contributed by atoms with Crippen molar-refractivity contribution < 1.29 is 9.47 Å². The number of methoxy groups -OCH3 is 1. The van der Waals surface area contributed by atoms with Gasteiger partial charge in [-0.3, -0.25) is 0 Å². The molecule has 0 N–H and O–H groups in total. The Morgan fingerprint density at radius 2 is 1.55 bits per heavy atom. The van der Waals surface area contributed by atoms with Crippen LogP contribution < -0.4 is 4.46 Å².